The zero-order valence-electron chi connectivity index (χ0n) is 11.9. The Morgan fingerprint density at radius 3 is 2.38 bits per heavy atom. The van der Waals surface area contributed by atoms with Crippen molar-refractivity contribution >= 4 is 32.9 Å². The van der Waals surface area contributed by atoms with Gasteiger partial charge in [0, 0.05) is 19.8 Å². The van der Waals surface area contributed by atoms with Crippen molar-refractivity contribution in [3.63, 3.8) is 0 Å². The molecule has 8 heteroatoms. The summed E-state index contributed by atoms with van der Waals surface area (Å²) in [6.45, 7) is 0. The number of hydrogen-bond donors (Lipinski definition) is 2. The van der Waals surface area contributed by atoms with Gasteiger partial charge >= 0.3 is 0 Å². The van der Waals surface area contributed by atoms with Crippen LogP contribution in [0.1, 0.15) is 0 Å². The summed E-state index contributed by atoms with van der Waals surface area (Å²) < 4.78 is 23.4. The second-order valence-corrected chi connectivity index (χ2v) is 7.74. The second-order valence-electron chi connectivity index (χ2n) is 5.20. The van der Waals surface area contributed by atoms with E-state index in [1.165, 1.54) is 0 Å². The second kappa shape index (κ2) is 6.27. The van der Waals surface area contributed by atoms with Crippen molar-refractivity contribution in [3.8, 4) is 0 Å². The molecule has 0 aliphatic carbocycles. The maximum Gasteiger partial charge on any atom is 0.188 e. The summed E-state index contributed by atoms with van der Waals surface area (Å²) in [6, 6.07) is 8.79. The van der Waals surface area contributed by atoms with Gasteiger partial charge in [-0.25, -0.2) is 13.4 Å². The van der Waals surface area contributed by atoms with Crippen LogP contribution in [0.5, 0.6) is 0 Å². The Labute approximate surface area is 130 Å². The number of anilines is 1. The fourth-order valence-electron chi connectivity index (χ4n) is 2.38. The number of rotatable bonds is 3. The molecule has 21 heavy (non-hydrogen) atoms. The minimum Gasteiger partial charge on any atom is -0.390 e. The van der Waals surface area contributed by atoms with E-state index in [0.29, 0.717) is 5.11 Å². The zero-order valence-corrected chi connectivity index (χ0v) is 13.6. The topological polar surface area (TPSA) is 72.9 Å². The summed E-state index contributed by atoms with van der Waals surface area (Å²) in [6.07, 6.45) is -0.951. The minimum absolute atomic E-state index is 0.108. The number of aliphatic hydroxyl groups excluding tert-OH is 1. The fraction of sp³-hybridized carbons (Fsp3) is 0.462. The van der Waals surface area contributed by atoms with Gasteiger partial charge in [-0.15, -0.1) is 0 Å². The first-order valence-corrected chi connectivity index (χ1v) is 8.74. The van der Waals surface area contributed by atoms with Crippen molar-refractivity contribution in [2.24, 2.45) is 0 Å². The van der Waals surface area contributed by atoms with Crippen molar-refractivity contribution < 1.29 is 13.5 Å². The lowest BCUT2D eigenvalue weighted by Crippen LogP contribution is -2.54. The Hall–Kier alpha value is -1.22. The number of sulfone groups is 1. The van der Waals surface area contributed by atoms with Gasteiger partial charge in [0.25, 0.3) is 0 Å². The van der Waals surface area contributed by atoms with Crippen LogP contribution in [0.4, 0.5) is 5.69 Å². The Morgan fingerprint density at radius 1 is 1.29 bits per heavy atom. The summed E-state index contributed by atoms with van der Waals surface area (Å²) in [5.74, 6) is -0.334. The molecule has 0 aromatic heterocycles. The van der Waals surface area contributed by atoms with E-state index in [-0.39, 0.29) is 11.5 Å². The van der Waals surface area contributed by atoms with Crippen LogP contribution in [-0.2, 0) is 9.84 Å². The predicted molar refractivity (Wildman–Crippen MR) is 86.6 cm³/mol. The lowest BCUT2D eigenvalue weighted by atomic mass is 10.2. The summed E-state index contributed by atoms with van der Waals surface area (Å²) in [5.41, 5.74) is 0.810. The van der Waals surface area contributed by atoms with Crippen LogP contribution in [0.15, 0.2) is 30.3 Å². The molecule has 0 radical (unpaired) electrons. The first-order chi connectivity index (χ1) is 9.80. The number of benzene rings is 1. The van der Waals surface area contributed by atoms with Gasteiger partial charge < -0.3 is 10.4 Å². The number of hydrazine groups is 1. The van der Waals surface area contributed by atoms with E-state index < -0.39 is 22.0 Å². The number of aliphatic hydroxyl groups is 1. The molecule has 0 unspecified atom stereocenters. The molecule has 0 amide bonds. The van der Waals surface area contributed by atoms with E-state index in [1.807, 2.05) is 30.3 Å². The lowest BCUT2D eigenvalue weighted by molar-refractivity contribution is 0.0165. The van der Waals surface area contributed by atoms with Crippen LogP contribution in [0, 0.1) is 0 Å². The minimum atomic E-state index is -3.24. The van der Waals surface area contributed by atoms with Crippen LogP contribution in [0.25, 0.3) is 0 Å². The quantitative estimate of drug-likeness (QED) is 0.611. The van der Waals surface area contributed by atoms with E-state index in [2.05, 4.69) is 5.32 Å². The first-order valence-electron chi connectivity index (χ1n) is 6.51. The number of nitrogens with zero attached hydrogens (tertiary/aromatic N) is 2. The molecule has 1 saturated heterocycles. The number of para-hydroxylation sites is 1. The van der Waals surface area contributed by atoms with Crippen molar-refractivity contribution in [2.45, 2.75) is 12.1 Å². The fourth-order valence-corrected chi connectivity index (χ4v) is 4.55. The molecule has 2 rings (SSSR count). The monoisotopic (exact) mass is 329 g/mol. The van der Waals surface area contributed by atoms with Gasteiger partial charge in [-0.1, -0.05) is 18.2 Å². The molecule has 0 bridgehead atoms. The third-order valence-corrected chi connectivity index (χ3v) is 5.26. The van der Waals surface area contributed by atoms with E-state index in [0.717, 1.165) is 5.69 Å². The molecule has 6 nitrogen and oxygen atoms in total. The molecule has 2 N–H and O–H groups in total. The Bertz CT molecular complexity index is 604. The normalized spacial score (nSPS) is 24.0. The molecule has 0 spiro atoms. The third kappa shape index (κ3) is 3.91. The SMILES string of the molecule is CN(C)N(C(=S)Nc1ccccc1)[C@@H]1CS(=O)(=O)C[C@@H]1O. The van der Waals surface area contributed by atoms with Gasteiger partial charge in [0.15, 0.2) is 14.9 Å². The molecule has 1 heterocycles. The molecule has 1 aromatic carbocycles. The van der Waals surface area contributed by atoms with Crippen LogP contribution in [0.3, 0.4) is 0 Å². The highest BCUT2D eigenvalue weighted by molar-refractivity contribution is 7.91. The third-order valence-electron chi connectivity index (χ3n) is 3.27. The number of thiocarbonyl (C=S) groups is 1. The molecule has 1 fully saturated rings. The maximum atomic E-state index is 11.7. The highest BCUT2D eigenvalue weighted by Crippen LogP contribution is 2.20. The maximum absolute atomic E-state index is 11.7. The van der Waals surface area contributed by atoms with E-state index >= 15 is 0 Å². The molecule has 2 atom stereocenters. The van der Waals surface area contributed by atoms with Crippen molar-refractivity contribution in [1.82, 2.24) is 10.0 Å². The Morgan fingerprint density at radius 2 is 1.90 bits per heavy atom. The lowest BCUT2D eigenvalue weighted by Gasteiger charge is -2.37. The van der Waals surface area contributed by atoms with Gasteiger partial charge in [0.1, 0.15) is 0 Å². The van der Waals surface area contributed by atoms with E-state index in [4.69, 9.17) is 12.2 Å². The largest absolute Gasteiger partial charge is 0.390 e. The summed E-state index contributed by atoms with van der Waals surface area (Å²) in [4.78, 5) is 0. The average Bonchev–Trinajstić information content (AvgIpc) is 2.63. The first kappa shape index (κ1) is 16.2. The van der Waals surface area contributed by atoms with Crippen LogP contribution in [0.2, 0.25) is 0 Å². The number of nitrogens with one attached hydrogen (secondary N) is 1. The van der Waals surface area contributed by atoms with Gasteiger partial charge in [0.2, 0.25) is 0 Å². The highest BCUT2D eigenvalue weighted by Gasteiger charge is 2.42. The van der Waals surface area contributed by atoms with Gasteiger partial charge in [-0.3, -0.25) is 5.01 Å². The smallest absolute Gasteiger partial charge is 0.188 e. The molecule has 1 aromatic rings. The average molecular weight is 329 g/mol. The molecule has 1 aliphatic heterocycles. The zero-order chi connectivity index (χ0) is 15.6. The molecule has 1 aliphatic rings. The molecular formula is C13H19N3O3S2. The predicted octanol–water partition coefficient (Wildman–Crippen LogP) is 0.320. The highest BCUT2D eigenvalue weighted by atomic mass is 32.2. The molecular weight excluding hydrogens is 310 g/mol. The molecule has 116 valence electrons. The summed E-state index contributed by atoms with van der Waals surface area (Å²) in [5, 5.41) is 16.7. The van der Waals surface area contributed by atoms with E-state index in [1.54, 1.807) is 24.1 Å². The Balaban J connectivity index is 2.18. The van der Waals surface area contributed by atoms with E-state index in [9.17, 15) is 13.5 Å². The van der Waals surface area contributed by atoms with Gasteiger partial charge in [-0.2, -0.15) is 0 Å². The Kier molecular flexibility index (Phi) is 4.82. The van der Waals surface area contributed by atoms with Crippen molar-refractivity contribution in [2.75, 3.05) is 30.9 Å². The molecule has 0 saturated carbocycles. The van der Waals surface area contributed by atoms with Gasteiger partial charge in [0.05, 0.1) is 23.7 Å². The van der Waals surface area contributed by atoms with Crippen molar-refractivity contribution in [1.29, 1.82) is 0 Å². The standard InChI is InChI=1S/C13H19N3O3S2/c1-15(2)16(11-8-21(18,19)9-12(11)17)13(20)14-10-6-4-3-5-7-10/h3-7,11-12,17H,8-9H2,1-2H3,(H,14,20)/t11-,12+/m1/s1. The summed E-state index contributed by atoms with van der Waals surface area (Å²) >= 11 is 5.37. The summed E-state index contributed by atoms with van der Waals surface area (Å²) in [7, 11) is 0.286. The van der Waals surface area contributed by atoms with Crippen LogP contribution >= 0.6 is 12.2 Å². The number of hydrogen-bond acceptors (Lipinski definition) is 5. The van der Waals surface area contributed by atoms with Crippen molar-refractivity contribution in [3.05, 3.63) is 30.3 Å². The van der Waals surface area contributed by atoms with Crippen LogP contribution < -0.4 is 5.32 Å². The van der Waals surface area contributed by atoms with Gasteiger partial charge in [-0.05, 0) is 24.4 Å². The van der Waals surface area contributed by atoms with Crippen LogP contribution in [-0.4, -0.2) is 66.4 Å².